The number of hydrogen-bond acceptors (Lipinski definition) is 3. The molecular weight excluding hydrogens is 134 g/mol. The van der Waals surface area contributed by atoms with E-state index in [1.54, 1.807) is 0 Å². The lowest BCUT2D eigenvalue weighted by molar-refractivity contribution is -0.251. The molecule has 0 aromatic rings. The Labute approximate surface area is 58.5 Å². The number of carboxylic acid groups (broad SMARTS) is 1. The second kappa shape index (κ2) is 3.66. The fourth-order valence-electron chi connectivity index (χ4n) is 0.425. The first-order chi connectivity index (χ1) is 4.57. The van der Waals surface area contributed by atoms with E-state index in [1.807, 2.05) is 5.32 Å². The molecule has 1 amide bonds. The first kappa shape index (κ1) is 8.68. The summed E-state index contributed by atoms with van der Waals surface area (Å²) in [7, 11) is 0. The van der Waals surface area contributed by atoms with Crippen molar-refractivity contribution in [2.45, 2.75) is 13.0 Å². The van der Waals surface area contributed by atoms with E-state index in [1.165, 1.54) is 6.92 Å². The summed E-state index contributed by atoms with van der Waals surface area (Å²) in [5.41, 5.74) is 0. The Bertz CT molecular complexity index is 164. The predicted octanol–water partition coefficient (Wildman–Crippen LogP) is -0.937. The van der Waals surface area contributed by atoms with Crippen LogP contribution >= 0.6 is 0 Å². The molecule has 1 atom stereocenters. The van der Waals surface area contributed by atoms with Gasteiger partial charge in [-0.1, -0.05) is 6.58 Å². The molecule has 0 bridgehead atoms. The van der Waals surface area contributed by atoms with E-state index < -0.39 is 12.1 Å². The summed E-state index contributed by atoms with van der Waals surface area (Å²) in [6, 6.07) is -0.762. The van der Waals surface area contributed by atoms with E-state index >= 15 is 0 Å². The lowest BCUT2D eigenvalue weighted by Crippen LogP contribution is -2.44. The SMILES string of the molecule is C=CC(=O)C(C)NC(=O)[O-]. The largest absolute Gasteiger partial charge is 0.530 e. The van der Waals surface area contributed by atoms with E-state index in [9.17, 15) is 14.7 Å². The van der Waals surface area contributed by atoms with Gasteiger partial charge in [-0.2, -0.15) is 0 Å². The minimum atomic E-state index is -1.46. The molecule has 0 aliphatic rings. The molecule has 0 fully saturated rings. The lowest BCUT2D eigenvalue weighted by Gasteiger charge is -2.11. The Balaban J connectivity index is 3.84. The third-order valence-electron chi connectivity index (χ3n) is 0.962. The zero-order valence-corrected chi connectivity index (χ0v) is 5.59. The van der Waals surface area contributed by atoms with Gasteiger partial charge < -0.3 is 15.2 Å². The summed E-state index contributed by atoms with van der Waals surface area (Å²) in [5.74, 6) is -0.371. The molecular formula is C6H8NO3-. The molecule has 0 heterocycles. The Morgan fingerprint density at radius 3 is 2.50 bits per heavy atom. The molecule has 0 aliphatic carbocycles. The van der Waals surface area contributed by atoms with E-state index in [4.69, 9.17) is 0 Å². The molecule has 1 unspecified atom stereocenters. The summed E-state index contributed by atoms with van der Waals surface area (Å²) in [4.78, 5) is 20.4. The quantitative estimate of drug-likeness (QED) is 0.517. The van der Waals surface area contributed by atoms with Crippen molar-refractivity contribution in [1.29, 1.82) is 0 Å². The normalized spacial score (nSPS) is 11.7. The molecule has 0 rings (SSSR count). The topological polar surface area (TPSA) is 69.2 Å². The summed E-state index contributed by atoms with van der Waals surface area (Å²) in [5, 5.41) is 11.7. The third-order valence-corrected chi connectivity index (χ3v) is 0.962. The van der Waals surface area contributed by atoms with E-state index in [0.29, 0.717) is 0 Å². The fraction of sp³-hybridized carbons (Fsp3) is 0.333. The summed E-state index contributed by atoms with van der Waals surface area (Å²) in [6.45, 7) is 4.60. The van der Waals surface area contributed by atoms with Gasteiger partial charge in [0.25, 0.3) is 0 Å². The Hall–Kier alpha value is -1.32. The molecule has 0 saturated heterocycles. The van der Waals surface area contributed by atoms with Gasteiger partial charge >= 0.3 is 0 Å². The van der Waals surface area contributed by atoms with Crippen molar-refractivity contribution in [3.8, 4) is 0 Å². The smallest absolute Gasteiger partial charge is 0.176 e. The predicted molar refractivity (Wildman–Crippen MR) is 33.2 cm³/mol. The van der Waals surface area contributed by atoms with Crippen molar-refractivity contribution in [2.75, 3.05) is 0 Å². The van der Waals surface area contributed by atoms with Gasteiger partial charge in [0, 0.05) is 0 Å². The van der Waals surface area contributed by atoms with Crippen molar-refractivity contribution < 1.29 is 14.7 Å². The number of hydrogen-bond donors (Lipinski definition) is 1. The van der Waals surface area contributed by atoms with Gasteiger partial charge in [0.1, 0.15) is 6.09 Å². The third kappa shape index (κ3) is 2.86. The van der Waals surface area contributed by atoms with Crippen LogP contribution in [0.3, 0.4) is 0 Å². The van der Waals surface area contributed by atoms with Crippen molar-refractivity contribution in [3.63, 3.8) is 0 Å². The monoisotopic (exact) mass is 142 g/mol. The Morgan fingerprint density at radius 1 is 1.70 bits per heavy atom. The molecule has 1 N–H and O–H groups in total. The molecule has 0 aliphatic heterocycles. The summed E-state index contributed by atoms with van der Waals surface area (Å²) in [6.07, 6.45) is -0.400. The number of carbonyl (C=O) groups excluding carboxylic acids is 2. The van der Waals surface area contributed by atoms with E-state index in [-0.39, 0.29) is 5.78 Å². The molecule has 4 heteroatoms. The average Bonchev–Trinajstić information content (AvgIpc) is 1.85. The van der Waals surface area contributed by atoms with Crippen LogP contribution in [-0.2, 0) is 4.79 Å². The van der Waals surface area contributed by atoms with Crippen LogP contribution in [0, 0.1) is 0 Å². The van der Waals surface area contributed by atoms with Crippen LogP contribution in [0.5, 0.6) is 0 Å². The van der Waals surface area contributed by atoms with Crippen molar-refractivity contribution in [2.24, 2.45) is 0 Å². The number of ketones is 1. The molecule has 0 aromatic carbocycles. The highest BCUT2D eigenvalue weighted by Gasteiger charge is 2.06. The Morgan fingerprint density at radius 2 is 2.20 bits per heavy atom. The van der Waals surface area contributed by atoms with Crippen LogP contribution in [0.4, 0.5) is 4.79 Å². The Kier molecular flexibility index (Phi) is 3.17. The first-order valence-corrected chi connectivity index (χ1v) is 2.71. The standard InChI is InChI=1S/C6H9NO3/c1-3-5(8)4(2)7-6(9)10/h3-4,7H,1H2,2H3,(H,9,10)/p-1. The molecule has 4 nitrogen and oxygen atoms in total. The number of nitrogens with one attached hydrogen (secondary N) is 1. The highest BCUT2D eigenvalue weighted by Crippen LogP contribution is 1.83. The lowest BCUT2D eigenvalue weighted by atomic mass is 10.2. The number of carbonyl (C=O) groups is 2. The van der Waals surface area contributed by atoms with Gasteiger partial charge in [0.2, 0.25) is 0 Å². The minimum absolute atomic E-state index is 0.371. The van der Waals surface area contributed by atoms with Gasteiger partial charge in [0.05, 0.1) is 6.04 Å². The van der Waals surface area contributed by atoms with Crippen LogP contribution in [0.1, 0.15) is 6.92 Å². The van der Waals surface area contributed by atoms with Gasteiger partial charge in [-0.05, 0) is 13.0 Å². The maximum absolute atomic E-state index is 10.6. The van der Waals surface area contributed by atoms with Crippen LogP contribution in [0.2, 0.25) is 0 Å². The van der Waals surface area contributed by atoms with Gasteiger partial charge in [-0.15, -0.1) is 0 Å². The van der Waals surface area contributed by atoms with Gasteiger partial charge in [0.15, 0.2) is 5.78 Å². The molecule has 0 spiro atoms. The second-order valence-electron chi connectivity index (χ2n) is 1.76. The zero-order valence-electron chi connectivity index (χ0n) is 5.59. The van der Waals surface area contributed by atoms with Gasteiger partial charge in [-0.25, -0.2) is 0 Å². The van der Waals surface area contributed by atoms with Crippen LogP contribution in [0.15, 0.2) is 12.7 Å². The highest BCUT2D eigenvalue weighted by molar-refractivity contribution is 5.95. The molecule has 0 aromatic heterocycles. The van der Waals surface area contributed by atoms with Crippen molar-refractivity contribution >= 4 is 11.9 Å². The second-order valence-corrected chi connectivity index (χ2v) is 1.76. The summed E-state index contributed by atoms with van der Waals surface area (Å²) < 4.78 is 0. The van der Waals surface area contributed by atoms with Crippen LogP contribution in [-0.4, -0.2) is 17.9 Å². The van der Waals surface area contributed by atoms with Crippen molar-refractivity contribution in [1.82, 2.24) is 5.32 Å². The minimum Gasteiger partial charge on any atom is -0.530 e. The molecule has 0 radical (unpaired) electrons. The van der Waals surface area contributed by atoms with Crippen molar-refractivity contribution in [3.05, 3.63) is 12.7 Å². The maximum atomic E-state index is 10.6. The zero-order chi connectivity index (χ0) is 8.15. The average molecular weight is 142 g/mol. The fourth-order valence-corrected chi connectivity index (χ4v) is 0.425. The molecule has 10 heavy (non-hydrogen) atoms. The number of rotatable bonds is 3. The first-order valence-electron chi connectivity index (χ1n) is 2.71. The molecule has 56 valence electrons. The summed E-state index contributed by atoms with van der Waals surface area (Å²) >= 11 is 0. The highest BCUT2D eigenvalue weighted by atomic mass is 16.4. The molecule has 0 saturated carbocycles. The van der Waals surface area contributed by atoms with Crippen LogP contribution < -0.4 is 10.4 Å². The van der Waals surface area contributed by atoms with Gasteiger partial charge in [-0.3, -0.25) is 4.79 Å². The van der Waals surface area contributed by atoms with E-state index in [2.05, 4.69) is 6.58 Å². The maximum Gasteiger partial charge on any atom is 0.176 e. The van der Waals surface area contributed by atoms with Crippen LogP contribution in [0.25, 0.3) is 0 Å². The number of amides is 1. The van der Waals surface area contributed by atoms with E-state index in [0.717, 1.165) is 6.08 Å².